The molecular formula is C34H72O8P2. The lowest BCUT2D eigenvalue weighted by molar-refractivity contribution is 0.101. The van der Waals surface area contributed by atoms with Crippen LogP contribution in [0.5, 0.6) is 0 Å². The summed E-state index contributed by atoms with van der Waals surface area (Å²) in [7, 11) is -8.41. The van der Waals surface area contributed by atoms with Crippen molar-refractivity contribution in [3.63, 3.8) is 0 Å². The van der Waals surface area contributed by atoms with E-state index in [1.807, 2.05) is 0 Å². The van der Waals surface area contributed by atoms with Gasteiger partial charge < -0.3 is 9.79 Å². The van der Waals surface area contributed by atoms with Crippen LogP contribution in [0.25, 0.3) is 0 Å². The molecule has 0 bridgehead atoms. The molecule has 8 nitrogen and oxygen atoms in total. The first kappa shape index (κ1) is 44.2. The van der Waals surface area contributed by atoms with Crippen LogP contribution >= 0.6 is 15.6 Å². The highest BCUT2D eigenvalue weighted by Crippen LogP contribution is 2.45. The molecule has 0 radical (unpaired) electrons. The Morgan fingerprint density at radius 1 is 0.318 bits per heavy atom. The maximum atomic E-state index is 12.0. The molecule has 0 aromatic heterocycles. The Morgan fingerprint density at radius 2 is 0.500 bits per heavy atom. The van der Waals surface area contributed by atoms with Gasteiger partial charge in [0.1, 0.15) is 0 Å². The lowest BCUT2D eigenvalue weighted by atomic mass is 10.0. The van der Waals surface area contributed by atoms with Crippen molar-refractivity contribution in [2.24, 2.45) is 0 Å². The van der Waals surface area contributed by atoms with E-state index in [1.54, 1.807) is 0 Å². The second kappa shape index (κ2) is 33.1. The zero-order valence-electron chi connectivity index (χ0n) is 28.9. The molecule has 0 aliphatic heterocycles. The van der Waals surface area contributed by atoms with Crippen molar-refractivity contribution in [2.75, 3.05) is 26.4 Å². The maximum Gasteiger partial charge on any atom is 0.472 e. The monoisotopic (exact) mass is 670 g/mol. The van der Waals surface area contributed by atoms with Crippen molar-refractivity contribution in [3.8, 4) is 0 Å². The standard InChI is InChI=1S/C34H72O8P2/c1-3-5-7-9-11-13-15-17-19-21-23-25-27-29-31-39-43(35,36)41-33-34-42-44(37,38)40-32-30-28-26-24-22-20-18-16-14-12-10-8-6-4-2/h3-34H2,1-2H3,(H,35,36)(H,37,38). The minimum absolute atomic E-state index is 0.146. The summed E-state index contributed by atoms with van der Waals surface area (Å²) >= 11 is 0. The Bertz CT molecular complexity index is 624. The molecule has 0 amide bonds. The molecule has 0 aromatic carbocycles. The maximum absolute atomic E-state index is 12.0. The molecule has 266 valence electrons. The van der Waals surface area contributed by atoms with Crippen molar-refractivity contribution in [1.29, 1.82) is 0 Å². The van der Waals surface area contributed by atoms with E-state index in [9.17, 15) is 18.9 Å². The molecule has 0 fully saturated rings. The minimum Gasteiger partial charge on any atom is -0.302 e. The molecule has 0 heterocycles. The average molecular weight is 671 g/mol. The summed E-state index contributed by atoms with van der Waals surface area (Å²) in [4.78, 5) is 19.6. The predicted octanol–water partition coefficient (Wildman–Crippen LogP) is 12.2. The molecule has 0 aliphatic carbocycles. The van der Waals surface area contributed by atoms with Crippen molar-refractivity contribution >= 4 is 15.6 Å². The third-order valence-corrected chi connectivity index (χ3v) is 10.1. The summed E-state index contributed by atoms with van der Waals surface area (Å²) < 4.78 is 43.7. The number of hydrogen-bond donors (Lipinski definition) is 2. The first-order valence-corrected chi connectivity index (χ1v) is 21.6. The summed E-state index contributed by atoms with van der Waals surface area (Å²) in [6, 6.07) is 0. The van der Waals surface area contributed by atoms with Crippen molar-refractivity contribution in [1.82, 2.24) is 0 Å². The summed E-state index contributed by atoms with van der Waals surface area (Å²) in [5.74, 6) is 0. The van der Waals surface area contributed by atoms with Crippen LogP contribution in [0.2, 0.25) is 0 Å². The predicted molar refractivity (Wildman–Crippen MR) is 184 cm³/mol. The summed E-state index contributed by atoms with van der Waals surface area (Å²) in [6.07, 6.45) is 34.6. The van der Waals surface area contributed by atoms with Gasteiger partial charge in [-0.1, -0.05) is 181 Å². The molecule has 2 atom stereocenters. The smallest absolute Gasteiger partial charge is 0.302 e. The second-order valence-electron chi connectivity index (χ2n) is 12.5. The van der Waals surface area contributed by atoms with Gasteiger partial charge in [0.25, 0.3) is 0 Å². The summed E-state index contributed by atoms with van der Waals surface area (Å²) in [6.45, 7) is 4.13. The quantitative estimate of drug-likeness (QED) is 0.0496. The largest absolute Gasteiger partial charge is 0.472 e. The second-order valence-corrected chi connectivity index (χ2v) is 15.4. The Balaban J connectivity index is 3.50. The molecular weight excluding hydrogens is 598 g/mol. The van der Waals surface area contributed by atoms with Crippen LogP contribution in [0, 0.1) is 0 Å². The molecule has 0 spiro atoms. The Labute approximate surface area is 272 Å². The van der Waals surface area contributed by atoms with E-state index in [-0.39, 0.29) is 26.4 Å². The van der Waals surface area contributed by atoms with E-state index >= 15 is 0 Å². The highest BCUT2D eigenvalue weighted by Gasteiger charge is 2.23. The number of phosphoric acid groups is 2. The third kappa shape index (κ3) is 35.1. The number of unbranched alkanes of at least 4 members (excludes halogenated alkanes) is 26. The van der Waals surface area contributed by atoms with E-state index in [1.165, 1.54) is 141 Å². The molecule has 2 N–H and O–H groups in total. The molecule has 0 saturated heterocycles. The van der Waals surface area contributed by atoms with Crippen LogP contribution in [0.1, 0.15) is 194 Å². The van der Waals surface area contributed by atoms with Gasteiger partial charge in [0.15, 0.2) is 0 Å². The lowest BCUT2D eigenvalue weighted by Crippen LogP contribution is -2.05. The molecule has 10 heteroatoms. The molecule has 0 saturated carbocycles. The molecule has 0 aliphatic rings. The highest BCUT2D eigenvalue weighted by molar-refractivity contribution is 7.47. The van der Waals surface area contributed by atoms with Gasteiger partial charge in [-0.2, -0.15) is 0 Å². The topological polar surface area (TPSA) is 112 Å². The SMILES string of the molecule is CCCCCCCCCCCCCCCCOP(=O)(O)OCCOP(=O)(O)OCCCCCCCCCCCCCCCC. The van der Waals surface area contributed by atoms with Crippen molar-refractivity contribution in [3.05, 3.63) is 0 Å². The number of hydrogen-bond acceptors (Lipinski definition) is 6. The van der Waals surface area contributed by atoms with Gasteiger partial charge in [-0.25, -0.2) is 9.13 Å². The van der Waals surface area contributed by atoms with E-state index in [2.05, 4.69) is 13.8 Å². The zero-order valence-corrected chi connectivity index (χ0v) is 30.7. The van der Waals surface area contributed by atoms with Crippen LogP contribution in [-0.4, -0.2) is 36.2 Å². The Hall–Kier alpha value is 0.220. The summed E-state index contributed by atoms with van der Waals surface area (Å²) in [5.41, 5.74) is 0. The van der Waals surface area contributed by atoms with Gasteiger partial charge in [-0.05, 0) is 12.8 Å². The van der Waals surface area contributed by atoms with Crippen LogP contribution < -0.4 is 0 Å². The first-order chi connectivity index (χ1) is 21.3. The van der Waals surface area contributed by atoms with Crippen molar-refractivity contribution < 1.29 is 37.0 Å². The van der Waals surface area contributed by atoms with Gasteiger partial charge in [0.2, 0.25) is 0 Å². The van der Waals surface area contributed by atoms with Gasteiger partial charge >= 0.3 is 15.6 Å². The molecule has 0 rings (SSSR count). The van der Waals surface area contributed by atoms with Gasteiger partial charge in [-0.15, -0.1) is 0 Å². The van der Waals surface area contributed by atoms with Crippen molar-refractivity contribution in [2.45, 2.75) is 194 Å². The van der Waals surface area contributed by atoms with E-state index in [0.29, 0.717) is 12.8 Å². The van der Waals surface area contributed by atoms with Crippen LogP contribution in [0.4, 0.5) is 0 Å². The van der Waals surface area contributed by atoms with Crippen LogP contribution in [0.3, 0.4) is 0 Å². The van der Waals surface area contributed by atoms with Gasteiger partial charge in [0.05, 0.1) is 26.4 Å². The first-order valence-electron chi connectivity index (χ1n) is 18.6. The molecule has 0 aromatic rings. The fourth-order valence-corrected chi connectivity index (χ4v) is 6.81. The highest BCUT2D eigenvalue weighted by atomic mass is 31.2. The van der Waals surface area contributed by atoms with Crippen LogP contribution in [-0.2, 0) is 27.2 Å². The van der Waals surface area contributed by atoms with Gasteiger partial charge in [0, 0.05) is 0 Å². The fraction of sp³-hybridized carbons (Fsp3) is 1.00. The van der Waals surface area contributed by atoms with Crippen LogP contribution in [0.15, 0.2) is 0 Å². The lowest BCUT2D eigenvalue weighted by Gasteiger charge is -2.14. The third-order valence-electron chi connectivity index (χ3n) is 8.10. The average Bonchev–Trinajstić information content (AvgIpc) is 2.99. The fourth-order valence-electron chi connectivity index (χ4n) is 5.33. The summed E-state index contributed by atoms with van der Waals surface area (Å²) in [5, 5.41) is 0. The van der Waals surface area contributed by atoms with E-state index < -0.39 is 15.6 Å². The number of rotatable bonds is 37. The Morgan fingerprint density at radius 3 is 0.727 bits per heavy atom. The van der Waals surface area contributed by atoms with Gasteiger partial charge in [-0.3, -0.25) is 18.1 Å². The Kier molecular flexibility index (Phi) is 33.3. The van der Waals surface area contributed by atoms with E-state index in [0.717, 1.165) is 25.7 Å². The molecule has 44 heavy (non-hydrogen) atoms. The molecule has 2 unspecified atom stereocenters. The zero-order chi connectivity index (χ0) is 32.5. The number of phosphoric ester groups is 2. The van der Waals surface area contributed by atoms with E-state index in [4.69, 9.17) is 18.1 Å². The minimum atomic E-state index is -4.21. The normalized spacial score (nSPS) is 14.5.